The zero-order valence-electron chi connectivity index (χ0n) is 9.35. The lowest BCUT2D eigenvalue weighted by molar-refractivity contribution is -0.137. The minimum Gasteiger partial charge on any atom is -0.480 e. The standard InChI is InChI=1S/C11H16N2O3/c1-3-6-12(8-10(14)15)11(16)13-7-4-5-9(13)2/h1,9H,4-8H2,2H3,(H,14,15). The molecule has 1 rings (SSSR count). The van der Waals surface area contributed by atoms with Crippen LogP contribution in [0.5, 0.6) is 0 Å². The van der Waals surface area contributed by atoms with Gasteiger partial charge in [-0.15, -0.1) is 6.42 Å². The number of nitrogens with zero attached hydrogens (tertiary/aromatic N) is 2. The maximum Gasteiger partial charge on any atom is 0.323 e. The molecular weight excluding hydrogens is 208 g/mol. The summed E-state index contributed by atoms with van der Waals surface area (Å²) in [5, 5.41) is 8.69. The number of aliphatic carboxylic acids is 1. The average Bonchev–Trinajstić information content (AvgIpc) is 2.62. The van der Waals surface area contributed by atoms with E-state index < -0.39 is 5.97 Å². The van der Waals surface area contributed by atoms with Crippen molar-refractivity contribution in [1.29, 1.82) is 0 Å². The summed E-state index contributed by atoms with van der Waals surface area (Å²) >= 11 is 0. The first-order chi connectivity index (χ1) is 7.56. The Balaban J connectivity index is 2.66. The highest BCUT2D eigenvalue weighted by Crippen LogP contribution is 2.18. The predicted octanol–water partition coefficient (Wildman–Crippen LogP) is 0.611. The van der Waals surface area contributed by atoms with Gasteiger partial charge < -0.3 is 14.9 Å². The minimum absolute atomic E-state index is 0.0361. The molecule has 1 N–H and O–H groups in total. The van der Waals surface area contributed by atoms with Crippen molar-refractivity contribution in [3.8, 4) is 12.3 Å². The Morgan fingerprint density at radius 1 is 1.62 bits per heavy atom. The van der Waals surface area contributed by atoms with Gasteiger partial charge in [0.2, 0.25) is 0 Å². The molecule has 1 aliphatic heterocycles. The van der Waals surface area contributed by atoms with E-state index in [9.17, 15) is 9.59 Å². The van der Waals surface area contributed by atoms with Crippen molar-refractivity contribution in [2.24, 2.45) is 0 Å². The zero-order chi connectivity index (χ0) is 12.1. The second kappa shape index (κ2) is 5.40. The molecule has 1 fully saturated rings. The van der Waals surface area contributed by atoms with Crippen molar-refractivity contribution in [3.63, 3.8) is 0 Å². The van der Waals surface area contributed by atoms with Crippen molar-refractivity contribution in [2.45, 2.75) is 25.8 Å². The normalized spacial score (nSPS) is 19.2. The van der Waals surface area contributed by atoms with E-state index in [2.05, 4.69) is 5.92 Å². The monoisotopic (exact) mass is 224 g/mol. The molecule has 1 saturated heterocycles. The lowest BCUT2D eigenvalue weighted by Gasteiger charge is -2.28. The number of urea groups is 1. The number of amides is 2. The van der Waals surface area contributed by atoms with Gasteiger partial charge in [0, 0.05) is 12.6 Å². The van der Waals surface area contributed by atoms with Crippen molar-refractivity contribution in [1.82, 2.24) is 9.80 Å². The molecule has 88 valence electrons. The van der Waals surface area contributed by atoms with Gasteiger partial charge in [0.05, 0.1) is 6.54 Å². The van der Waals surface area contributed by atoms with Gasteiger partial charge >= 0.3 is 12.0 Å². The molecule has 1 unspecified atom stereocenters. The predicted molar refractivity (Wildman–Crippen MR) is 58.8 cm³/mol. The molecule has 0 aromatic heterocycles. The van der Waals surface area contributed by atoms with Gasteiger partial charge in [-0.25, -0.2) is 4.79 Å². The van der Waals surface area contributed by atoms with Crippen LogP contribution in [0.25, 0.3) is 0 Å². The summed E-state index contributed by atoms with van der Waals surface area (Å²) in [4.78, 5) is 25.4. The van der Waals surface area contributed by atoms with Crippen LogP contribution in [0.4, 0.5) is 4.79 Å². The number of hydrogen-bond donors (Lipinski definition) is 1. The summed E-state index contributed by atoms with van der Waals surface area (Å²) < 4.78 is 0. The number of rotatable bonds is 3. The molecule has 1 heterocycles. The van der Waals surface area contributed by atoms with Crippen LogP contribution >= 0.6 is 0 Å². The first kappa shape index (κ1) is 12.4. The van der Waals surface area contributed by atoms with Gasteiger partial charge in [0.25, 0.3) is 0 Å². The fraction of sp³-hybridized carbons (Fsp3) is 0.636. The highest BCUT2D eigenvalue weighted by atomic mass is 16.4. The Kier molecular flexibility index (Phi) is 4.18. The van der Waals surface area contributed by atoms with E-state index in [4.69, 9.17) is 11.5 Å². The highest BCUT2D eigenvalue weighted by molar-refractivity contribution is 5.80. The fourth-order valence-electron chi connectivity index (χ4n) is 1.86. The highest BCUT2D eigenvalue weighted by Gasteiger charge is 2.29. The van der Waals surface area contributed by atoms with Crippen LogP contribution in [-0.4, -0.2) is 52.6 Å². The van der Waals surface area contributed by atoms with Crippen molar-refractivity contribution in [2.75, 3.05) is 19.6 Å². The average molecular weight is 224 g/mol. The quantitative estimate of drug-likeness (QED) is 0.714. The van der Waals surface area contributed by atoms with E-state index in [0.717, 1.165) is 12.8 Å². The van der Waals surface area contributed by atoms with E-state index in [1.807, 2.05) is 6.92 Å². The van der Waals surface area contributed by atoms with E-state index >= 15 is 0 Å². The Morgan fingerprint density at radius 3 is 2.75 bits per heavy atom. The minimum atomic E-state index is -1.05. The second-order valence-electron chi connectivity index (χ2n) is 3.92. The van der Waals surface area contributed by atoms with E-state index in [-0.39, 0.29) is 25.2 Å². The van der Waals surface area contributed by atoms with Gasteiger partial charge in [-0.2, -0.15) is 0 Å². The molecule has 0 aromatic carbocycles. The number of carboxylic acid groups (broad SMARTS) is 1. The number of carbonyl (C=O) groups is 2. The largest absolute Gasteiger partial charge is 0.480 e. The zero-order valence-corrected chi connectivity index (χ0v) is 9.35. The Labute approximate surface area is 95.0 Å². The Hall–Kier alpha value is -1.70. The number of carbonyl (C=O) groups excluding carboxylic acids is 1. The maximum atomic E-state index is 12.0. The maximum absolute atomic E-state index is 12.0. The molecule has 0 spiro atoms. The molecule has 16 heavy (non-hydrogen) atoms. The molecule has 0 aliphatic carbocycles. The van der Waals surface area contributed by atoms with Gasteiger partial charge in [-0.1, -0.05) is 5.92 Å². The van der Waals surface area contributed by atoms with Crippen LogP contribution in [0.1, 0.15) is 19.8 Å². The van der Waals surface area contributed by atoms with Crippen LogP contribution in [0, 0.1) is 12.3 Å². The SMILES string of the molecule is C#CCN(CC(=O)O)C(=O)N1CCCC1C. The van der Waals surface area contributed by atoms with Crippen LogP contribution in [0.2, 0.25) is 0 Å². The first-order valence-corrected chi connectivity index (χ1v) is 5.27. The molecule has 0 saturated carbocycles. The third-order valence-electron chi connectivity index (χ3n) is 2.68. The van der Waals surface area contributed by atoms with Crippen molar-refractivity contribution < 1.29 is 14.7 Å². The molecule has 0 aromatic rings. The topological polar surface area (TPSA) is 60.9 Å². The molecule has 2 amide bonds. The fourth-order valence-corrected chi connectivity index (χ4v) is 1.86. The summed E-state index contributed by atoms with van der Waals surface area (Å²) in [5.74, 6) is 1.26. The summed E-state index contributed by atoms with van der Waals surface area (Å²) in [6.45, 7) is 2.33. The van der Waals surface area contributed by atoms with Gasteiger partial charge in [0.1, 0.15) is 6.54 Å². The lowest BCUT2D eigenvalue weighted by Crippen LogP contribution is -2.46. The molecule has 1 atom stereocenters. The number of carboxylic acids is 1. The third kappa shape index (κ3) is 2.89. The number of hydrogen-bond acceptors (Lipinski definition) is 2. The van der Waals surface area contributed by atoms with Gasteiger partial charge in [-0.05, 0) is 19.8 Å². The summed E-state index contributed by atoms with van der Waals surface area (Å²) in [7, 11) is 0. The lowest BCUT2D eigenvalue weighted by atomic mass is 10.2. The number of likely N-dealkylation sites (tertiary alicyclic amines) is 1. The Bertz CT molecular complexity index is 322. The van der Waals surface area contributed by atoms with Gasteiger partial charge in [-0.3, -0.25) is 4.79 Å². The second-order valence-corrected chi connectivity index (χ2v) is 3.92. The molecule has 0 radical (unpaired) electrons. The first-order valence-electron chi connectivity index (χ1n) is 5.27. The molecule has 1 aliphatic rings. The molecular formula is C11H16N2O3. The summed E-state index contributed by atoms with van der Waals surface area (Å²) in [6.07, 6.45) is 7.04. The van der Waals surface area contributed by atoms with E-state index in [0.29, 0.717) is 6.54 Å². The molecule has 0 bridgehead atoms. The van der Waals surface area contributed by atoms with Crippen molar-refractivity contribution >= 4 is 12.0 Å². The third-order valence-corrected chi connectivity index (χ3v) is 2.68. The van der Waals surface area contributed by atoms with Gasteiger partial charge in [0.15, 0.2) is 0 Å². The van der Waals surface area contributed by atoms with E-state index in [1.165, 1.54) is 4.90 Å². The summed E-state index contributed by atoms with van der Waals surface area (Å²) in [6, 6.07) is -0.105. The van der Waals surface area contributed by atoms with Crippen LogP contribution < -0.4 is 0 Å². The van der Waals surface area contributed by atoms with Crippen LogP contribution in [-0.2, 0) is 4.79 Å². The van der Waals surface area contributed by atoms with Crippen molar-refractivity contribution in [3.05, 3.63) is 0 Å². The van der Waals surface area contributed by atoms with Crippen LogP contribution in [0.15, 0.2) is 0 Å². The number of terminal acetylenes is 1. The molecule has 5 nitrogen and oxygen atoms in total. The van der Waals surface area contributed by atoms with E-state index in [1.54, 1.807) is 4.90 Å². The summed E-state index contributed by atoms with van der Waals surface area (Å²) in [5.41, 5.74) is 0. The van der Waals surface area contributed by atoms with Crippen LogP contribution in [0.3, 0.4) is 0 Å². The molecule has 5 heteroatoms. The smallest absolute Gasteiger partial charge is 0.323 e. The Morgan fingerprint density at radius 2 is 2.31 bits per heavy atom.